The van der Waals surface area contributed by atoms with Crippen molar-refractivity contribution in [2.45, 2.75) is 45.1 Å². The van der Waals surface area contributed by atoms with E-state index in [0.29, 0.717) is 5.75 Å². The summed E-state index contributed by atoms with van der Waals surface area (Å²) in [6.07, 6.45) is -4.24. The quantitative estimate of drug-likeness (QED) is 0.876. The smallest absolute Gasteiger partial charge is 0.401 e. The van der Waals surface area contributed by atoms with Gasteiger partial charge in [0.1, 0.15) is 5.75 Å². The van der Waals surface area contributed by atoms with Crippen molar-refractivity contribution in [2.24, 2.45) is 5.73 Å². The van der Waals surface area contributed by atoms with Crippen molar-refractivity contribution in [3.8, 4) is 5.75 Å². The molecule has 0 spiro atoms. The molecule has 0 aliphatic carbocycles. The van der Waals surface area contributed by atoms with Crippen LogP contribution in [0.3, 0.4) is 0 Å². The van der Waals surface area contributed by atoms with Crippen molar-refractivity contribution < 1.29 is 17.9 Å². The Labute approximate surface area is 123 Å². The van der Waals surface area contributed by atoms with Gasteiger partial charge in [-0.05, 0) is 38.5 Å². The Hall–Kier alpha value is -1.27. The van der Waals surface area contributed by atoms with Crippen LogP contribution in [-0.4, -0.2) is 36.8 Å². The summed E-state index contributed by atoms with van der Waals surface area (Å²) in [5, 5.41) is 0. The first-order valence-corrected chi connectivity index (χ1v) is 6.87. The minimum absolute atomic E-state index is 0.245. The molecule has 1 aromatic rings. The predicted octanol–water partition coefficient (Wildman–Crippen LogP) is 3.36. The van der Waals surface area contributed by atoms with E-state index in [1.54, 1.807) is 52.1 Å². The Morgan fingerprint density at radius 1 is 1.14 bits per heavy atom. The van der Waals surface area contributed by atoms with E-state index in [-0.39, 0.29) is 6.04 Å². The lowest BCUT2D eigenvalue weighted by Gasteiger charge is -2.36. The molecular weight excluding hydrogens is 281 g/mol. The Morgan fingerprint density at radius 2 is 1.67 bits per heavy atom. The van der Waals surface area contributed by atoms with Gasteiger partial charge in [0, 0.05) is 18.1 Å². The van der Waals surface area contributed by atoms with Gasteiger partial charge in [-0.25, -0.2) is 0 Å². The molecule has 21 heavy (non-hydrogen) atoms. The van der Waals surface area contributed by atoms with Gasteiger partial charge in [0.15, 0.2) is 0 Å². The summed E-state index contributed by atoms with van der Waals surface area (Å²) in [7, 11) is 1.56. The molecule has 2 N–H and O–H groups in total. The average molecular weight is 304 g/mol. The number of nitrogens with two attached hydrogens (primary N) is 1. The molecule has 0 amide bonds. The second kappa shape index (κ2) is 7.13. The van der Waals surface area contributed by atoms with Gasteiger partial charge in [-0.15, -0.1) is 0 Å². The molecule has 0 saturated heterocycles. The molecule has 0 aromatic heterocycles. The molecule has 0 aliphatic heterocycles. The molecule has 2 unspecified atom stereocenters. The van der Waals surface area contributed by atoms with Gasteiger partial charge in [-0.3, -0.25) is 4.90 Å². The van der Waals surface area contributed by atoms with Crippen LogP contribution < -0.4 is 10.5 Å². The number of methoxy groups -OCH3 is 1. The van der Waals surface area contributed by atoms with E-state index in [2.05, 4.69) is 0 Å². The van der Waals surface area contributed by atoms with Crippen molar-refractivity contribution in [1.29, 1.82) is 0 Å². The lowest BCUT2D eigenvalue weighted by atomic mass is 9.99. The minimum atomic E-state index is -4.24. The number of halogens is 3. The first-order chi connectivity index (χ1) is 9.65. The largest absolute Gasteiger partial charge is 0.497 e. The molecule has 0 saturated carbocycles. The number of rotatable bonds is 6. The molecule has 0 bridgehead atoms. The maximum atomic E-state index is 12.7. The Kier molecular flexibility index (Phi) is 6.04. The zero-order valence-electron chi connectivity index (χ0n) is 12.8. The molecule has 6 heteroatoms. The zero-order valence-corrected chi connectivity index (χ0v) is 12.8. The second-order valence-electron chi connectivity index (χ2n) is 5.42. The Balaban J connectivity index is 2.88. The summed E-state index contributed by atoms with van der Waals surface area (Å²) in [6, 6.07) is 5.90. The molecule has 2 atom stereocenters. The fourth-order valence-corrected chi connectivity index (χ4v) is 2.31. The number of benzene rings is 1. The van der Waals surface area contributed by atoms with Gasteiger partial charge in [-0.1, -0.05) is 12.1 Å². The van der Waals surface area contributed by atoms with Crippen LogP contribution in [-0.2, 0) is 0 Å². The molecule has 120 valence electrons. The maximum Gasteiger partial charge on any atom is 0.401 e. The molecule has 3 nitrogen and oxygen atoms in total. The third kappa shape index (κ3) is 5.21. The van der Waals surface area contributed by atoms with Crippen LogP contribution in [0.2, 0.25) is 0 Å². The summed E-state index contributed by atoms with van der Waals surface area (Å²) in [4.78, 5) is 1.37. The molecule has 0 radical (unpaired) electrons. The summed E-state index contributed by atoms with van der Waals surface area (Å²) in [6.45, 7) is 4.24. The highest BCUT2D eigenvalue weighted by Gasteiger charge is 2.35. The van der Waals surface area contributed by atoms with Gasteiger partial charge in [0.05, 0.1) is 13.7 Å². The normalized spacial score (nSPS) is 15.3. The Bertz CT molecular complexity index is 432. The molecule has 0 fully saturated rings. The summed E-state index contributed by atoms with van der Waals surface area (Å²) in [5.74, 6) is 0.689. The highest BCUT2D eigenvalue weighted by molar-refractivity contribution is 5.29. The van der Waals surface area contributed by atoms with Gasteiger partial charge >= 0.3 is 6.18 Å². The van der Waals surface area contributed by atoms with Crippen LogP contribution in [0, 0.1) is 0 Å². The van der Waals surface area contributed by atoms with Crippen molar-refractivity contribution >= 4 is 0 Å². The molecule has 0 aliphatic rings. The standard InChI is InChI=1S/C15H23F3N2O/c1-10(2)20(9-15(16,17)18)11(3)14(19)12-5-7-13(21-4)8-6-12/h5-8,10-11,14H,9,19H2,1-4H3. The summed E-state index contributed by atoms with van der Waals surface area (Å²) >= 11 is 0. The van der Waals surface area contributed by atoms with Crippen LogP contribution in [0.25, 0.3) is 0 Å². The van der Waals surface area contributed by atoms with E-state index in [1.807, 2.05) is 0 Å². The first kappa shape index (κ1) is 17.8. The zero-order chi connectivity index (χ0) is 16.2. The topological polar surface area (TPSA) is 38.5 Å². The number of hydrogen-bond donors (Lipinski definition) is 1. The lowest BCUT2D eigenvalue weighted by Crippen LogP contribution is -2.48. The number of hydrogen-bond acceptors (Lipinski definition) is 3. The van der Waals surface area contributed by atoms with E-state index in [1.165, 1.54) is 4.90 Å². The number of ether oxygens (including phenoxy) is 1. The van der Waals surface area contributed by atoms with E-state index >= 15 is 0 Å². The third-order valence-electron chi connectivity index (χ3n) is 3.57. The highest BCUT2D eigenvalue weighted by atomic mass is 19.4. The van der Waals surface area contributed by atoms with Crippen molar-refractivity contribution in [1.82, 2.24) is 4.90 Å². The van der Waals surface area contributed by atoms with Crippen LogP contribution in [0.4, 0.5) is 13.2 Å². The molecule has 1 aromatic carbocycles. The van der Waals surface area contributed by atoms with E-state index in [4.69, 9.17) is 10.5 Å². The number of nitrogens with zero attached hydrogens (tertiary/aromatic N) is 1. The summed E-state index contributed by atoms with van der Waals surface area (Å²) in [5.41, 5.74) is 6.93. The van der Waals surface area contributed by atoms with Gasteiger partial charge in [0.25, 0.3) is 0 Å². The monoisotopic (exact) mass is 304 g/mol. The molecular formula is C15H23F3N2O. The molecule has 1 rings (SSSR count). The lowest BCUT2D eigenvalue weighted by molar-refractivity contribution is -0.155. The van der Waals surface area contributed by atoms with Crippen LogP contribution in [0.15, 0.2) is 24.3 Å². The average Bonchev–Trinajstić information content (AvgIpc) is 2.42. The highest BCUT2D eigenvalue weighted by Crippen LogP contribution is 2.26. The van der Waals surface area contributed by atoms with Crippen LogP contribution >= 0.6 is 0 Å². The summed E-state index contributed by atoms with van der Waals surface area (Å²) < 4.78 is 43.1. The predicted molar refractivity (Wildman–Crippen MR) is 77.3 cm³/mol. The van der Waals surface area contributed by atoms with Crippen molar-refractivity contribution in [3.63, 3.8) is 0 Å². The fraction of sp³-hybridized carbons (Fsp3) is 0.600. The molecule has 0 heterocycles. The third-order valence-corrected chi connectivity index (χ3v) is 3.57. The fourth-order valence-electron chi connectivity index (χ4n) is 2.31. The van der Waals surface area contributed by atoms with Gasteiger partial charge in [0.2, 0.25) is 0 Å². The number of alkyl halides is 3. The van der Waals surface area contributed by atoms with Crippen molar-refractivity contribution in [2.75, 3.05) is 13.7 Å². The second-order valence-corrected chi connectivity index (χ2v) is 5.42. The van der Waals surface area contributed by atoms with E-state index < -0.39 is 24.8 Å². The van der Waals surface area contributed by atoms with Crippen molar-refractivity contribution in [3.05, 3.63) is 29.8 Å². The maximum absolute atomic E-state index is 12.7. The Morgan fingerprint density at radius 3 is 2.05 bits per heavy atom. The van der Waals surface area contributed by atoms with E-state index in [0.717, 1.165) is 5.56 Å². The SMILES string of the molecule is COc1ccc(C(N)C(C)N(CC(F)(F)F)C(C)C)cc1. The van der Waals surface area contributed by atoms with Crippen LogP contribution in [0.5, 0.6) is 5.75 Å². The van der Waals surface area contributed by atoms with Crippen LogP contribution in [0.1, 0.15) is 32.4 Å². The van der Waals surface area contributed by atoms with Gasteiger partial charge in [-0.2, -0.15) is 13.2 Å². The van der Waals surface area contributed by atoms with E-state index in [9.17, 15) is 13.2 Å². The van der Waals surface area contributed by atoms with Gasteiger partial charge < -0.3 is 10.5 Å². The first-order valence-electron chi connectivity index (χ1n) is 6.87. The minimum Gasteiger partial charge on any atom is -0.497 e.